The molecule has 2 unspecified atom stereocenters. The lowest BCUT2D eigenvalue weighted by atomic mass is 10.0. The van der Waals surface area contributed by atoms with E-state index in [2.05, 4.69) is 29.7 Å². The van der Waals surface area contributed by atoms with Gasteiger partial charge in [0, 0.05) is 11.6 Å². The normalized spacial score (nSPS) is 14.7. The fourth-order valence-electron chi connectivity index (χ4n) is 2.18. The van der Waals surface area contributed by atoms with Crippen LogP contribution in [0.5, 0.6) is 0 Å². The topological polar surface area (TPSA) is 41.1 Å². The summed E-state index contributed by atoms with van der Waals surface area (Å²) in [7, 11) is 0. The van der Waals surface area contributed by atoms with Gasteiger partial charge in [0.25, 0.3) is 0 Å². The largest absolute Gasteiger partial charge is 0.350 e. The number of hydrogen-bond acceptors (Lipinski definition) is 2. The predicted octanol–water partition coefficient (Wildman–Crippen LogP) is 3.42. The molecule has 2 N–H and O–H groups in total. The Kier molecular flexibility index (Phi) is 6.21. The molecule has 2 atom stereocenters. The van der Waals surface area contributed by atoms with Gasteiger partial charge >= 0.3 is 0 Å². The van der Waals surface area contributed by atoms with Gasteiger partial charge in [0.2, 0.25) is 5.91 Å². The zero-order chi connectivity index (χ0) is 15.2. The van der Waals surface area contributed by atoms with Crippen molar-refractivity contribution in [3.63, 3.8) is 0 Å². The van der Waals surface area contributed by atoms with E-state index in [-0.39, 0.29) is 23.5 Å². The van der Waals surface area contributed by atoms with E-state index in [0.717, 1.165) is 12.8 Å². The van der Waals surface area contributed by atoms with Crippen LogP contribution in [0.4, 0.5) is 0 Å². The van der Waals surface area contributed by atoms with Gasteiger partial charge in [0.05, 0.1) is 6.04 Å². The number of amides is 1. The van der Waals surface area contributed by atoms with Crippen LogP contribution in [0.25, 0.3) is 0 Å². The van der Waals surface area contributed by atoms with Crippen molar-refractivity contribution in [2.75, 3.05) is 0 Å². The Morgan fingerprint density at radius 3 is 2.30 bits per heavy atom. The molecule has 0 radical (unpaired) electrons. The van der Waals surface area contributed by atoms with Crippen LogP contribution in [0, 0.1) is 0 Å². The molecule has 0 aromatic heterocycles. The van der Waals surface area contributed by atoms with Gasteiger partial charge in [0.1, 0.15) is 0 Å². The first-order valence-electron chi connectivity index (χ1n) is 7.46. The molecule has 0 bridgehead atoms. The van der Waals surface area contributed by atoms with Crippen molar-refractivity contribution in [1.29, 1.82) is 0 Å². The third kappa shape index (κ3) is 5.74. The zero-order valence-corrected chi connectivity index (χ0v) is 13.4. The fraction of sp³-hybridized carbons (Fsp3) is 0.588. The molecule has 0 aliphatic carbocycles. The molecule has 3 heteroatoms. The molecular weight excluding hydrogens is 248 g/mol. The Hall–Kier alpha value is -1.35. The summed E-state index contributed by atoms with van der Waals surface area (Å²) in [6.07, 6.45) is 2.11. The molecule has 0 saturated heterocycles. The lowest BCUT2D eigenvalue weighted by molar-refractivity contribution is -0.124. The van der Waals surface area contributed by atoms with Crippen LogP contribution >= 0.6 is 0 Å². The maximum Gasteiger partial charge on any atom is 0.237 e. The molecule has 0 heterocycles. The van der Waals surface area contributed by atoms with Gasteiger partial charge in [-0.1, -0.05) is 43.7 Å². The van der Waals surface area contributed by atoms with Crippen molar-refractivity contribution in [3.8, 4) is 0 Å². The minimum absolute atomic E-state index is 0.0505. The van der Waals surface area contributed by atoms with E-state index >= 15 is 0 Å². The molecule has 1 aromatic carbocycles. The molecule has 0 fully saturated rings. The molecule has 1 rings (SSSR count). The fourth-order valence-corrected chi connectivity index (χ4v) is 2.18. The SMILES string of the molecule is CCCC(NC(C)C(=O)NC(C)(C)C)c1ccccc1. The van der Waals surface area contributed by atoms with Gasteiger partial charge in [-0.25, -0.2) is 0 Å². The number of hydrogen-bond donors (Lipinski definition) is 2. The highest BCUT2D eigenvalue weighted by Crippen LogP contribution is 2.18. The van der Waals surface area contributed by atoms with E-state index in [1.54, 1.807) is 0 Å². The average molecular weight is 276 g/mol. The van der Waals surface area contributed by atoms with Gasteiger partial charge in [-0.2, -0.15) is 0 Å². The summed E-state index contributed by atoms with van der Waals surface area (Å²) in [5.41, 5.74) is 1.05. The Balaban J connectivity index is 2.69. The molecule has 0 aliphatic rings. The maximum atomic E-state index is 12.2. The summed E-state index contributed by atoms with van der Waals surface area (Å²) >= 11 is 0. The molecular formula is C17H28N2O. The van der Waals surface area contributed by atoms with Crippen LogP contribution in [-0.4, -0.2) is 17.5 Å². The summed E-state index contributed by atoms with van der Waals surface area (Å²) in [4.78, 5) is 12.2. The lowest BCUT2D eigenvalue weighted by Gasteiger charge is -2.27. The zero-order valence-electron chi connectivity index (χ0n) is 13.4. The van der Waals surface area contributed by atoms with E-state index in [1.165, 1.54) is 5.56 Å². The van der Waals surface area contributed by atoms with E-state index in [4.69, 9.17) is 0 Å². The van der Waals surface area contributed by atoms with Crippen LogP contribution in [0.2, 0.25) is 0 Å². The molecule has 1 aromatic rings. The molecule has 0 saturated carbocycles. The smallest absolute Gasteiger partial charge is 0.237 e. The highest BCUT2D eigenvalue weighted by molar-refractivity contribution is 5.82. The van der Waals surface area contributed by atoms with Crippen LogP contribution in [0.1, 0.15) is 59.1 Å². The van der Waals surface area contributed by atoms with Gasteiger partial charge in [-0.05, 0) is 39.7 Å². The maximum absolute atomic E-state index is 12.2. The first-order valence-corrected chi connectivity index (χ1v) is 7.46. The third-order valence-corrected chi connectivity index (χ3v) is 3.12. The summed E-state index contributed by atoms with van der Waals surface area (Å²) in [6.45, 7) is 10.1. The Labute approximate surface area is 123 Å². The van der Waals surface area contributed by atoms with E-state index in [1.807, 2.05) is 45.9 Å². The summed E-state index contributed by atoms with van der Waals surface area (Å²) in [5, 5.41) is 6.46. The second kappa shape index (κ2) is 7.44. The van der Waals surface area contributed by atoms with Crippen molar-refractivity contribution >= 4 is 5.91 Å². The third-order valence-electron chi connectivity index (χ3n) is 3.12. The Morgan fingerprint density at radius 1 is 1.20 bits per heavy atom. The van der Waals surface area contributed by atoms with E-state index < -0.39 is 0 Å². The lowest BCUT2D eigenvalue weighted by Crippen LogP contribution is -2.50. The number of nitrogens with one attached hydrogen (secondary N) is 2. The molecule has 3 nitrogen and oxygen atoms in total. The first kappa shape index (κ1) is 16.7. The second-order valence-corrected chi connectivity index (χ2v) is 6.38. The minimum Gasteiger partial charge on any atom is -0.350 e. The van der Waals surface area contributed by atoms with Gasteiger partial charge in [0.15, 0.2) is 0 Å². The monoisotopic (exact) mass is 276 g/mol. The summed E-state index contributed by atoms with van der Waals surface area (Å²) < 4.78 is 0. The standard InChI is InChI=1S/C17H28N2O/c1-6-10-15(14-11-8-7-9-12-14)18-13(2)16(20)19-17(3,4)5/h7-9,11-13,15,18H,6,10H2,1-5H3,(H,19,20). The molecule has 20 heavy (non-hydrogen) atoms. The molecule has 0 aliphatic heterocycles. The molecule has 112 valence electrons. The van der Waals surface area contributed by atoms with Crippen molar-refractivity contribution in [2.45, 2.75) is 65.1 Å². The number of carbonyl (C=O) groups excluding carboxylic acids is 1. The van der Waals surface area contributed by atoms with Crippen LogP contribution in [0.3, 0.4) is 0 Å². The average Bonchev–Trinajstić information content (AvgIpc) is 2.37. The molecule has 1 amide bonds. The van der Waals surface area contributed by atoms with Crippen molar-refractivity contribution in [3.05, 3.63) is 35.9 Å². The van der Waals surface area contributed by atoms with Gasteiger partial charge < -0.3 is 5.32 Å². The number of carbonyl (C=O) groups is 1. The Morgan fingerprint density at radius 2 is 1.80 bits per heavy atom. The number of benzene rings is 1. The van der Waals surface area contributed by atoms with Gasteiger partial charge in [-0.3, -0.25) is 10.1 Å². The highest BCUT2D eigenvalue weighted by atomic mass is 16.2. The minimum atomic E-state index is -0.203. The van der Waals surface area contributed by atoms with Crippen LogP contribution in [0.15, 0.2) is 30.3 Å². The van der Waals surface area contributed by atoms with Crippen molar-refractivity contribution in [1.82, 2.24) is 10.6 Å². The predicted molar refractivity (Wildman–Crippen MR) is 84.6 cm³/mol. The summed E-state index contributed by atoms with van der Waals surface area (Å²) in [5.74, 6) is 0.0505. The highest BCUT2D eigenvalue weighted by Gasteiger charge is 2.22. The number of rotatable bonds is 6. The van der Waals surface area contributed by atoms with E-state index in [9.17, 15) is 4.79 Å². The van der Waals surface area contributed by atoms with Gasteiger partial charge in [-0.15, -0.1) is 0 Å². The molecule has 0 spiro atoms. The van der Waals surface area contributed by atoms with E-state index in [0.29, 0.717) is 0 Å². The van der Waals surface area contributed by atoms with Crippen LogP contribution in [-0.2, 0) is 4.79 Å². The first-order chi connectivity index (χ1) is 9.33. The van der Waals surface area contributed by atoms with Crippen molar-refractivity contribution in [2.24, 2.45) is 0 Å². The van der Waals surface area contributed by atoms with Crippen LogP contribution < -0.4 is 10.6 Å². The quantitative estimate of drug-likeness (QED) is 0.836. The second-order valence-electron chi connectivity index (χ2n) is 6.38. The van der Waals surface area contributed by atoms with Crippen molar-refractivity contribution < 1.29 is 4.79 Å². The Bertz CT molecular complexity index is 409. The summed E-state index contributed by atoms with van der Waals surface area (Å²) in [6, 6.07) is 10.3.